The molecule has 1 aromatic heterocycles. The monoisotopic (exact) mass is 389 g/mol. The maximum atomic E-state index is 12.4. The summed E-state index contributed by atoms with van der Waals surface area (Å²) < 4.78 is 20.6. The second-order valence-electron chi connectivity index (χ2n) is 4.70. The molecule has 112 valence electrons. The van der Waals surface area contributed by atoms with Crippen LogP contribution in [0.25, 0.3) is 0 Å². The third-order valence-electron chi connectivity index (χ3n) is 3.21. The Bertz CT molecular complexity index is 692. The van der Waals surface area contributed by atoms with Crippen molar-refractivity contribution >= 4 is 38.3 Å². The van der Waals surface area contributed by atoms with Gasteiger partial charge < -0.3 is 9.30 Å². The smallest absolute Gasteiger partial charge is 0.159 e. The molecular formula is C13H13BrClN3O2S. The Morgan fingerprint density at radius 2 is 2.24 bits per heavy atom. The number of nitrogens with zero attached hydrogens (tertiary/aromatic N) is 3. The van der Waals surface area contributed by atoms with Gasteiger partial charge in [-0.05, 0) is 23.8 Å². The number of aromatic nitrogens is 3. The van der Waals surface area contributed by atoms with E-state index in [0.717, 1.165) is 21.7 Å². The van der Waals surface area contributed by atoms with Crippen LogP contribution in [0.15, 0.2) is 22.7 Å². The van der Waals surface area contributed by atoms with Gasteiger partial charge in [0.1, 0.15) is 12.4 Å². The third-order valence-corrected chi connectivity index (χ3v) is 5.28. The molecule has 1 aliphatic rings. The molecule has 0 radical (unpaired) electrons. The van der Waals surface area contributed by atoms with Gasteiger partial charge in [-0.15, -0.1) is 10.2 Å². The highest BCUT2D eigenvalue weighted by Gasteiger charge is 2.18. The topological polar surface area (TPSA) is 57.0 Å². The molecule has 0 spiro atoms. The van der Waals surface area contributed by atoms with Crippen molar-refractivity contribution in [2.45, 2.75) is 24.7 Å². The van der Waals surface area contributed by atoms with E-state index < -0.39 is 10.8 Å². The Morgan fingerprint density at radius 1 is 1.38 bits per heavy atom. The van der Waals surface area contributed by atoms with Gasteiger partial charge in [0.2, 0.25) is 0 Å². The van der Waals surface area contributed by atoms with Crippen molar-refractivity contribution in [2.24, 2.45) is 0 Å². The van der Waals surface area contributed by atoms with E-state index in [2.05, 4.69) is 26.1 Å². The van der Waals surface area contributed by atoms with Gasteiger partial charge in [-0.2, -0.15) is 0 Å². The lowest BCUT2D eigenvalue weighted by molar-refractivity contribution is 0.0808. The molecule has 21 heavy (non-hydrogen) atoms. The molecule has 0 aliphatic carbocycles. The van der Waals surface area contributed by atoms with Gasteiger partial charge in [0.05, 0.1) is 18.1 Å². The normalized spacial score (nSPS) is 15.7. The molecule has 1 atom stereocenters. The quantitative estimate of drug-likeness (QED) is 0.805. The van der Waals surface area contributed by atoms with Crippen molar-refractivity contribution in [3.63, 3.8) is 0 Å². The van der Waals surface area contributed by atoms with Crippen LogP contribution in [0.3, 0.4) is 0 Å². The Kier molecular flexibility index (Phi) is 4.73. The molecule has 0 fully saturated rings. The summed E-state index contributed by atoms with van der Waals surface area (Å²) in [5, 5.41) is 8.81. The standard InChI is InChI=1S/C13H13BrClN3O2S/c14-10-1-2-11(15)9(5-10)7-21(19)8-13-17-16-12-6-20-4-3-18(12)13/h1-2,5H,3-4,6-8H2. The van der Waals surface area contributed by atoms with E-state index in [4.69, 9.17) is 16.3 Å². The minimum Gasteiger partial charge on any atom is -0.372 e. The lowest BCUT2D eigenvalue weighted by Crippen LogP contribution is -2.19. The zero-order valence-corrected chi connectivity index (χ0v) is 14.2. The molecule has 5 nitrogen and oxygen atoms in total. The Hall–Kier alpha value is -0.760. The number of hydrogen-bond donors (Lipinski definition) is 0. The molecule has 0 amide bonds. The predicted octanol–water partition coefficient (Wildman–Crippen LogP) is 2.67. The summed E-state index contributed by atoms with van der Waals surface area (Å²) in [5.74, 6) is 2.32. The maximum absolute atomic E-state index is 12.4. The predicted molar refractivity (Wildman–Crippen MR) is 84.4 cm³/mol. The van der Waals surface area contributed by atoms with E-state index in [0.29, 0.717) is 36.3 Å². The lowest BCUT2D eigenvalue weighted by atomic mass is 10.2. The second kappa shape index (κ2) is 6.56. The number of benzene rings is 1. The summed E-state index contributed by atoms with van der Waals surface area (Å²) in [6.07, 6.45) is 0. The molecule has 0 saturated carbocycles. The molecule has 2 heterocycles. The minimum absolute atomic E-state index is 0.371. The third kappa shape index (κ3) is 3.53. The molecule has 3 rings (SSSR count). The van der Waals surface area contributed by atoms with Crippen LogP contribution in [0, 0.1) is 0 Å². The van der Waals surface area contributed by atoms with Crippen LogP contribution in [0.1, 0.15) is 17.2 Å². The first-order chi connectivity index (χ1) is 10.1. The second-order valence-corrected chi connectivity index (χ2v) is 7.48. The van der Waals surface area contributed by atoms with Crippen molar-refractivity contribution in [1.82, 2.24) is 14.8 Å². The van der Waals surface area contributed by atoms with Gasteiger partial charge in [-0.25, -0.2) is 0 Å². The average molecular weight is 391 g/mol. The Labute approximate surface area is 138 Å². The van der Waals surface area contributed by atoms with Crippen molar-refractivity contribution < 1.29 is 8.95 Å². The first-order valence-electron chi connectivity index (χ1n) is 6.41. The van der Waals surface area contributed by atoms with Crippen molar-refractivity contribution in [3.8, 4) is 0 Å². The Balaban J connectivity index is 1.72. The number of ether oxygens (including phenoxy) is 1. The van der Waals surface area contributed by atoms with Gasteiger partial charge in [0.25, 0.3) is 0 Å². The van der Waals surface area contributed by atoms with E-state index in [9.17, 15) is 4.21 Å². The molecule has 2 aromatic rings. The fourth-order valence-electron chi connectivity index (χ4n) is 2.19. The molecular weight excluding hydrogens is 378 g/mol. The summed E-state index contributed by atoms with van der Waals surface area (Å²) >= 11 is 9.53. The highest BCUT2D eigenvalue weighted by molar-refractivity contribution is 9.10. The molecule has 1 unspecified atom stereocenters. The van der Waals surface area contributed by atoms with Crippen molar-refractivity contribution in [1.29, 1.82) is 0 Å². The SMILES string of the molecule is O=S(Cc1cc(Br)ccc1Cl)Cc1nnc2n1CCOC2. The van der Waals surface area contributed by atoms with Crippen LogP contribution in [-0.4, -0.2) is 25.6 Å². The van der Waals surface area contributed by atoms with Crippen molar-refractivity contribution in [2.75, 3.05) is 6.61 Å². The average Bonchev–Trinajstić information content (AvgIpc) is 2.86. The summed E-state index contributed by atoms with van der Waals surface area (Å²) in [7, 11) is -1.09. The van der Waals surface area contributed by atoms with E-state index in [1.165, 1.54) is 0 Å². The van der Waals surface area contributed by atoms with Crippen LogP contribution in [0.4, 0.5) is 0 Å². The fraction of sp³-hybridized carbons (Fsp3) is 0.385. The van der Waals surface area contributed by atoms with Crippen LogP contribution < -0.4 is 0 Å². The van der Waals surface area contributed by atoms with Crippen molar-refractivity contribution in [3.05, 3.63) is 44.9 Å². The molecule has 0 saturated heterocycles. The largest absolute Gasteiger partial charge is 0.372 e. The highest BCUT2D eigenvalue weighted by atomic mass is 79.9. The van der Waals surface area contributed by atoms with Gasteiger partial charge >= 0.3 is 0 Å². The van der Waals surface area contributed by atoms with Crippen LogP contribution in [0.5, 0.6) is 0 Å². The number of rotatable bonds is 4. The van der Waals surface area contributed by atoms with Gasteiger partial charge in [0.15, 0.2) is 5.82 Å². The van der Waals surface area contributed by atoms with Crippen LogP contribution in [-0.2, 0) is 40.2 Å². The van der Waals surface area contributed by atoms with Gasteiger partial charge in [-0.1, -0.05) is 27.5 Å². The highest BCUT2D eigenvalue weighted by Crippen LogP contribution is 2.23. The van der Waals surface area contributed by atoms with E-state index >= 15 is 0 Å². The van der Waals surface area contributed by atoms with Crippen LogP contribution >= 0.6 is 27.5 Å². The van der Waals surface area contributed by atoms with Gasteiger partial charge in [-0.3, -0.25) is 4.21 Å². The number of fused-ring (bicyclic) bond motifs is 1. The van der Waals surface area contributed by atoms with E-state index in [1.807, 2.05) is 16.7 Å². The molecule has 1 aromatic carbocycles. The maximum Gasteiger partial charge on any atom is 0.159 e. The first kappa shape index (κ1) is 15.1. The Morgan fingerprint density at radius 3 is 3.10 bits per heavy atom. The van der Waals surface area contributed by atoms with Gasteiger partial charge in [0, 0.05) is 26.8 Å². The number of hydrogen-bond acceptors (Lipinski definition) is 4. The first-order valence-corrected chi connectivity index (χ1v) is 9.07. The summed E-state index contributed by atoms with van der Waals surface area (Å²) in [4.78, 5) is 0. The molecule has 8 heteroatoms. The summed E-state index contributed by atoms with van der Waals surface area (Å²) in [5.41, 5.74) is 0.867. The molecule has 0 N–H and O–H groups in total. The summed E-state index contributed by atoms with van der Waals surface area (Å²) in [6.45, 7) is 1.83. The van der Waals surface area contributed by atoms with Crippen LogP contribution in [0.2, 0.25) is 5.02 Å². The zero-order valence-electron chi connectivity index (χ0n) is 11.1. The van der Waals surface area contributed by atoms with E-state index in [-0.39, 0.29) is 0 Å². The molecule has 0 bridgehead atoms. The van der Waals surface area contributed by atoms with E-state index in [1.54, 1.807) is 6.07 Å². The lowest BCUT2D eigenvalue weighted by Gasteiger charge is -2.15. The zero-order chi connectivity index (χ0) is 14.8. The fourth-order valence-corrected chi connectivity index (χ4v) is 4.05. The minimum atomic E-state index is -1.09. The molecule has 1 aliphatic heterocycles. The number of halogens is 2. The summed E-state index contributed by atoms with van der Waals surface area (Å²) in [6, 6.07) is 5.56.